The second kappa shape index (κ2) is 5.74. The van der Waals surface area contributed by atoms with Gasteiger partial charge in [0.25, 0.3) is 0 Å². The van der Waals surface area contributed by atoms with E-state index < -0.39 is 12.0 Å². The van der Waals surface area contributed by atoms with Crippen LogP contribution in [0, 0.1) is 0 Å². The molecule has 20 heavy (non-hydrogen) atoms. The highest BCUT2D eigenvalue weighted by Gasteiger charge is 2.20. The first kappa shape index (κ1) is 14.1. The summed E-state index contributed by atoms with van der Waals surface area (Å²) >= 11 is 0. The van der Waals surface area contributed by atoms with Crippen molar-refractivity contribution in [2.45, 2.75) is 26.3 Å². The molecule has 1 atom stereocenters. The van der Waals surface area contributed by atoms with E-state index in [1.807, 2.05) is 12.1 Å². The Morgan fingerprint density at radius 3 is 2.40 bits per heavy atom. The molecular weight excluding hydrogens is 254 g/mol. The predicted octanol–water partition coefficient (Wildman–Crippen LogP) is 2.93. The number of carboxylic acid groups (broad SMARTS) is 1. The van der Waals surface area contributed by atoms with Crippen LogP contribution in [-0.2, 0) is 11.2 Å². The minimum atomic E-state index is -0.961. The highest BCUT2D eigenvalue weighted by molar-refractivity contribution is 6.08. The molecular formula is C16H17NO3. The first-order chi connectivity index (χ1) is 9.54. The van der Waals surface area contributed by atoms with Crippen molar-refractivity contribution in [3.05, 3.63) is 59.4 Å². The van der Waals surface area contributed by atoms with Gasteiger partial charge in [0.05, 0.1) is 5.69 Å². The molecule has 0 fully saturated rings. The molecule has 0 saturated carbocycles. The highest BCUT2D eigenvalue weighted by atomic mass is 16.4. The molecule has 1 heterocycles. The molecule has 0 aliphatic rings. The number of carbonyl (C=O) groups excluding carboxylic acids is 1. The number of ketones is 1. The Morgan fingerprint density at radius 1 is 1.20 bits per heavy atom. The topological polar surface area (TPSA) is 59.3 Å². The Hall–Kier alpha value is -2.36. The maximum atomic E-state index is 12.4. The van der Waals surface area contributed by atoms with Gasteiger partial charge in [-0.05, 0) is 31.0 Å². The number of hydrogen-bond acceptors (Lipinski definition) is 2. The number of nitrogens with zero attached hydrogens (tertiary/aromatic N) is 1. The minimum Gasteiger partial charge on any atom is -0.480 e. The molecule has 0 aliphatic heterocycles. The molecule has 0 spiro atoms. The van der Waals surface area contributed by atoms with E-state index in [-0.39, 0.29) is 5.78 Å². The average molecular weight is 271 g/mol. The second-order valence-corrected chi connectivity index (χ2v) is 4.69. The van der Waals surface area contributed by atoms with E-state index in [0.29, 0.717) is 11.3 Å². The van der Waals surface area contributed by atoms with Crippen LogP contribution in [0.2, 0.25) is 0 Å². The van der Waals surface area contributed by atoms with Crippen LogP contribution in [0.3, 0.4) is 0 Å². The van der Waals surface area contributed by atoms with E-state index >= 15 is 0 Å². The van der Waals surface area contributed by atoms with Crippen molar-refractivity contribution >= 4 is 11.8 Å². The van der Waals surface area contributed by atoms with Crippen LogP contribution in [0.5, 0.6) is 0 Å². The van der Waals surface area contributed by atoms with Gasteiger partial charge < -0.3 is 9.67 Å². The smallest absolute Gasteiger partial charge is 0.326 e. The van der Waals surface area contributed by atoms with E-state index in [1.54, 1.807) is 37.4 Å². The first-order valence-electron chi connectivity index (χ1n) is 6.58. The van der Waals surface area contributed by atoms with Crippen LogP contribution < -0.4 is 0 Å². The van der Waals surface area contributed by atoms with Crippen LogP contribution in [0.4, 0.5) is 0 Å². The number of aliphatic carboxylic acids is 1. The van der Waals surface area contributed by atoms with Gasteiger partial charge >= 0.3 is 5.97 Å². The zero-order chi connectivity index (χ0) is 14.7. The van der Waals surface area contributed by atoms with Crippen LogP contribution in [0.25, 0.3) is 0 Å². The van der Waals surface area contributed by atoms with E-state index in [0.717, 1.165) is 12.0 Å². The predicted molar refractivity (Wildman–Crippen MR) is 76.0 cm³/mol. The van der Waals surface area contributed by atoms with Crippen LogP contribution >= 0.6 is 0 Å². The van der Waals surface area contributed by atoms with Gasteiger partial charge in [-0.2, -0.15) is 0 Å². The summed E-state index contributed by atoms with van der Waals surface area (Å²) in [4.78, 5) is 23.5. The van der Waals surface area contributed by atoms with Crippen molar-refractivity contribution in [2.75, 3.05) is 0 Å². The van der Waals surface area contributed by atoms with Gasteiger partial charge in [0, 0.05) is 11.8 Å². The molecule has 0 aliphatic carbocycles. The lowest BCUT2D eigenvalue weighted by Gasteiger charge is -2.12. The summed E-state index contributed by atoms with van der Waals surface area (Å²) in [6.07, 6.45) is 2.54. The maximum Gasteiger partial charge on any atom is 0.326 e. The number of carbonyl (C=O) groups is 2. The molecule has 2 rings (SSSR count). The van der Waals surface area contributed by atoms with Crippen LogP contribution in [0.1, 0.15) is 41.5 Å². The quantitative estimate of drug-likeness (QED) is 0.850. The fourth-order valence-corrected chi connectivity index (χ4v) is 2.08. The summed E-state index contributed by atoms with van der Waals surface area (Å²) in [5, 5.41) is 9.07. The molecule has 1 unspecified atom stereocenters. The van der Waals surface area contributed by atoms with E-state index in [1.165, 1.54) is 4.57 Å². The monoisotopic (exact) mass is 271 g/mol. The van der Waals surface area contributed by atoms with Crippen LogP contribution in [-0.4, -0.2) is 21.4 Å². The van der Waals surface area contributed by atoms with Crippen molar-refractivity contribution in [2.24, 2.45) is 0 Å². The lowest BCUT2D eigenvalue weighted by molar-refractivity contribution is -0.140. The summed E-state index contributed by atoms with van der Waals surface area (Å²) in [5.41, 5.74) is 2.12. The summed E-state index contributed by atoms with van der Waals surface area (Å²) in [7, 11) is 0. The maximum absolute atomic E-state index is 12.4. The Balaban J connectivity index is 2.33. The Bertz CT molecular complexity index is 625. The molecule has 4 heteroatoms. The normalized spacial score (nSPS) is 12.1. The van der Waals surface area contributed by atoms with Crippen molar-refractivity contribution in [1.82, 2.24) is 4.57 Å². The van der Waals surface area contributed by atoms with Gasteiger partial charge in [0.15, 0.2) is 0 Å². The van der Waals surface area contributed by atoms with Gasteiger partial charge in [-0.1, -0.05) is 31.2 Å². The number of hydrogen-bond donors (Lipinski definition) is 1. The third-order valence-electron chi connectivity index (χ3n) is 3.41. The fraction of sp³-hybridized carbons (Fsp3) is 0.250. The average Bonchev–Trinajstić information content (AvgIpc) is 2.94. The zero-order valence-electron chi connectivity index (χ0n) is 11.5. The van der Waals surface area contributed by atoms with Gasteiger partial charge in [-0.25, -0.2) is 4.79 Å². The lowest BCUT2D eigenvalue weighted by atomic mass is 10.0. The molecule has 0 bridgehead atoms. The van der Waals surface area contributed by atoms with Gasteiger partial charge in [-0.3, -0.25) is 4.79 Å². The fourth-order valence-electron chi connectivity index (χ4n) is 2.08. The molecule has 1 aromatic carbocycles. The lowest BCUT2D eigenvalue weighted by Crippen LogP contribution is -2.19. The summed E-state index contributed by atoms with van der Waals surface area (Å²) < 4.78 is 1.48. The SMILES string of the molecule is CCc1ccc(C(=O)c2cccn2C(C)C(=O)O)cc1. The van der Waals surface area contributed by atoms with Crippen molar-refractivity contribution in [3.8, 4) is 0 Å². The summed E-state index contributed by atoms with van der Waals surface area (Å²) in [6, 6.07) is 9.97. The minimum absolute atomic E-state index is 0.161. The molecule has 0 amide bonds. The summed E-state index contributed by atoms with van der Waals surface area (Å²) in [6.45, 7) is 3.61. The molecule has 1 N–H and O–H groups in total. The molecule has 2 aromatic rings. The van der Waals surface area contributed by atoms with Gasteiger partial charge in [-0.15, -0.1) is 0 Å². The van der Waals surface area contributed by atoms with Crippen molar-refractivity contribution in [3.63, 3.8) is 0 Å². The zero-order valence-corrected chi connectivity index (χ0v) is 11.5. The number of benzene rings is 1. The van der Waals surface area contributed by atoms with Crippen molar-refractivity contribution < 1.29 is 14.7 Å². The van der Waals surface area contributed by atoms with Gasteiger partial charge in [0.2, 0.25) is 5.78 Å². The van der Waals surface area contributed by atoms with E-state index in [9.17, 15) is 9.59 Å². The first-order valence-corrected chi connectivity index (χ1v) is 6.58. The standard InChI is InChI=1S/C16H17NO3/c1-3-12-6-8-13(9-7-12)15(18)14-5-4-10-17(14)11(2)16(19)20/h4-11H,3H2,1-2H3,(H,19,20). The molecule has 0 radical (unpaired) electrons. The Labute approximate surface area is 117 Å². The number of rotatable bonds is 5. The van der Waals surface area contributed by atoms with Gasteiger partial charge in [0.1, 0.15) is 6.04 Å². The molecule has 104 valence electrons. The molecule has 0 saturated heterocycles. The third kappa shape index (κ3) is 2.64. The van der Waals surface area contributed by atoms with Crippen molar-refractivity contribution in [1.29, 1.82) is 0 Å². The molecule has 4 nitrogen and oxygen atoms in total. The largest absolute Gasteiger partial charge is 0.480 e. The highest BCUT2D eigenvalue weighted by Crippen LogP contribution is 2.17. The third-order valence-corrected chi connectivity index (χ3v) is 3.41. The number of aromatic nitrogens is 1. The van der Waals surface area contributed by atoms with Crippen LogP contribution in [0.15, 0.2) is 42.6 Å². The summed E-state index contributed by atoms with van der Waals surface area (Å²) in [5.74, 6) is -1.12. The number of carboxylic acids is 1. The molecule has 1 aromatic heterocycles. The number of aryl methyl sites for hydroxylation is 1. The Kier molecular flexibility index (Phi) is 4.03. The second-order valence-electron chi connectivity index (χ2n) is 4.69. The Morgan fingerprint density at radius 2 is 1.85 bits per heavy atom. The van der Waals surface area contributed by atoms with E-state index in [4.69, 9.17) is 5.11 Å². The van der Waals surface area contributed by atoms with E-state index in [2.05, 4.69) is 6.92 Å².